The lowest BCUT2D eigenvalue weighted by Gasteiger charge is -2.23. The lowest BCUT2D eigenvalue weighted by molar-refractivity contribution is -0.146. The van der Waals surface area contributed by atoms with Gasteiger partial charge < -0.3 is 19.9 Å². The summed E-state index contributed by atoms with van der Waals surface area (Å²) in [5.41, 5.74) is 4.25. The summed E-state index contributed by atoms with van der Waals surface area (Å²) in [6.45, 7) is 16.3. The fourth-order valence-corrected chi connectivity index (χ4v) is 3.13. The number of benzene rings is 1. The van der Waals surface area contributed by atoms with Crippen LogP contribution in [0.5, 0.6) is 0 Å². The van der Waals surface area contributed by atoms with Gasteiger partial charge in [0.1, 0.15) is 11.6 Å². The Morgan fingerprint density at radius 1 is 0.923 bits per heavy atom. The van der Waals surface area contributed by atoms with Gasteiger partial charge in [-0.15, -0.1) is 0 Å². The zero-order chi connectivity index (χ0) is 29.7. The van der Waals surface area contributed by atoms with Gasteiger partial charge >= 0.3 is 12.1 Å². The summed E-state index contributed by atoms with van der Waals surface area (Å²) in [5, 5.41) is 11.4. The fourth-order valence-electron chi connectivity index (χ4n) is 3.13. The van der Waals surface area contributed by atoms with Crippen LogP contribution in [-0.4, -0.2) is 42.0 Å². The number of allylic oxidation sites excluding steroid dienone is 8. The molecule has 0 saturated heterocycles. The second-order valence-corrected chi connectivity index (χ2v) is 10.7. The maximum absolute atomic E-state index is 12.4. The molecule has 1 aromatic carbocycles. The highest BCUT2D eigenvalue weighted by atomic mass is 16.6. The van der Waals surface area contributed by atoms with Gasteiger partial charge in [-0.1, -0.05) is 72.7 Å². The van der Waals surface area contributed by atoms with Crippen molar-refractivity contribution in [3.05, 3.63) is 83.0 Å². The summed E-state index contributed by atoms with van der Waals surface area (Å²) in [5.74, 6) is -0.470. The molecule has 0 bridgehead atoms. The third kappa shape index (κ3) is 20.5. The smallest absolute Gasteiger partial charge is 0.408 e. The number of alkyl carbamates (subject to hydrolysis) is 1. The first-order valence-corrected chi connectivity index (χ1v) is 13.8. The molecule has 0 spiro atoms. The number of ether oxygens (including phenoxy) is 2. The van der Waals surface area contributed by atoms with E-state index < -0.39 is 23.7 Å². The van der Waals surface area contributed by atoms with Crippen LogP contribution in [0.2, 0.25) is 0 Å². The van der Waals surface area contributed by atoms with E-state index in [0.29, 0.717) is 13.0 Å². The number of amides is 1. The Kier molecular flexibility index (Phi) is 19.1. The molecule has 6 nitrogen and oxygen atoms in total. The van der Waals surface area contributed by atoms with Crippen molar-refractivity contribution in [2.45, 2.75) is 99.1 Å². The SMILES string of the molecule is CC(C)(C)OC(=O)N[C@@H](Cc1ccccc1)C(=O)OCCCCCCO.C\C=C/C=C(C)/C(C)=C/C=C(C)C. The topological polar surface area (TPSA) is 84.9 Å². The molecule has 0 unspecified atom stereocenters. The second-order valence-electron chi connectivity index (χ2n) is 10.7. The molecule has 0 aliphatic rings. The minimum Gasteiger partial charge on any atom is -0.464 e. The number of nitrogens with one attached hydrogen (secondary N) is 1. The molecule has 0 radical (unpaired) electrons. The van der Waals surface area contributed by atoms with Crippen LogP contribution in [0.15, 0.2) is 77.4 Å². The quantitative estimate of drug-likeness (QED) is 0.152. The van der Waals surface area contributed by atoms with Crippen LogP contribution in [0, 0.1) is 0 Å². The van der Waals surface area contributed by atoms with Crippen molar-refractivity contribution in [3.63, 3.8) is 0 Å². The fraction of sp³-hybridized carbons (Fsp3) is 0.515. The zero-order valence-corrected chi connectivity index (χ0v) is 25.4. The Morgan fingerprint density at radius 3 is 2.10 bits per heavy atom. The van der Waals surface area contributed by atoms with E-state index in [1.54, 1.807) is 20.8 Å². The summed E-state index contributed by atoms with van der Waals surface area (Å²) < 4.78 is 10.6. The van der Waals surface area contributed by atoms with Gasteiger partial charge in [0.15, 0.2) is 0 Å². The Balaban J connectivity index is 0.000000935. The van der Waals surface area contributed by atoms with Gasteiger partial charge in [0, 0.05) is 13.0 Å². The summed E-state index contributed by atoms with van der Waals surface area (Å²) in [4.78, 5) is 24.5. The third-order valence-electron chi connectivity index (χ3n) is 5.38. The molecular weight excluding hydrogens is 490 g/mol. The van der Waals surface area contributed by atoms with Crippen LogP contribution in [-0.2, 0) is 20.7 Å². The summed E-state index contributed by atoms with van der Waals surface area (Å²) >= 11 is 0. The van der Waals surface area contributed by atoms with Crippen molar-refractivity contribution in [1.29, 1.82) is 0 Å². The lowest BCUT2D eigenvalue weighted by Crippen LogP contribution is -2.45. The van der Waals surface area contributed by atoms with Gasteiger partial charge in [0.05, 0.1) is 6.61 Å². The zero-order valence-electron chi connectivity index (χ0n) is 25.4. The molecule has 1 amide bonds. The highest BCUT2D eigenvalue weighted by molar-refractivity contribution is 5.81. The molecule has 39 heavy (non-hydrogen) atoms. The predicted molar refractivity (Wildman–Crippen MR) is 162 cm³/mol. The maximum atomic E-state index is 12.4. The van der Waals surface area contributed by atoms with Crippen LogP contribution in [0.25, 0.3) is 0 Å². The predicted octanol–water partition coefficient (Wildman–Crippen LogP) is 7.64. The number of aliphatic hydroxyl groups excluding tert-OH is 1. The van der Waals surface area contributed by atoms with Gasteiger partial charge in [0.25, 0.3) is 0 Å². The lowest BCUT2D eigenvalue weighted by atomic mass is 10.1. The number of esters is 1. The van der Waals surface area contributed by atoms with Gasteiger partial charge in [-0.3, -0.25) is 0 Å². The molecule has 2 N–H and O–H groups in total. The van der Waals surface area contributed by atoms with Gasteiger partial charge in [-0.05, 0) is 91.4 Å². The highest BCUT2D eigenvalue weighted by Crippen LogP contribution is 2.11. The van der Waals surface area contributed by atoms with Crippen molar-refractivity contribution >= 4 is 12.1 Å². The van der Waals surface area contributed by atoms with Crippen molar-refractivity contribution in [1.82, 2.24) is 5.32 Å². The summed E-state index contributed by atoms with van der Waals surface area (Å²) in [6.07, 6.45) is 13.5. The van der Waals surface area contributed by atoms with Gasteiger partial charge in [-0.25, -0.2) is 9.59 Å². The average molecular weight is 542 g/mol. The number of carbonyl (C=O) groups excluding carboxylic acids is 2. The van der Waals surface area contributed by atoms with Crippen LogP contribution in [0.1, 0.15) is 86.6 Å². The molecule has 0 heterocycles. The molecule has 0 saturated carbocycles. The molecule has 1 atom stereocenters. The van der Waals surface area contributed by atoms with Crippen LogP contribution < -0.4 is 5.32 Å². The molecule has 0 aliphatic carbocycles. The number of aliphatic hydroxyl groups is 1. The molecule has 0 aromatic heterocycles. The summed E-state index contributed by atoms with van der Waals surface area (Å²) in [7, 11) is 0. The monoisotopic (exact) mass is 541 g/mol. The number of unbranched alkanes of at least 4 members (excludes halogenated alkanes) is 3. The molecule has 0 fully saturated rings. The normalized spacial score (nSPS) is 12.7. The molecular formula is C33H51NO5. The average Bonchev–Trinajstić information content (AvgIpc) is 2.87. The van der Waals surface area contributed by atoms with Crippen molar-refractivity contribution in [2.24, 2.45) is 0 Å². The maximum Gasteiger partial charge on any atom is 0.408 e. The van der Waals surface area contributed by atoms with E-state index in [9.17, 15) is 9.59 Å². The van der Waals surface area contributed by atoms with E-state index >= 15 is 0 Å². The first-order valence-electron chi connectivity index (χ1n) is 13.8. The van der Waals surface area contributed by atoms with E-state index in [1.807, 2.05) is 43.3 Å². The van der Waals surface area contributed by atoms with Crippen molar-refractivity contribution in [2.75, 3.05) is 13.2 Å². The van der Waals surface area contributed by atoms with Crippen LogP contribution in [0.4, 0.5) is 4.79 Å². The van der Waals surface area contributed by atoms with Crippen molar-refractivity contribution < 1.29 is 24.2 Å². The van der Waals surface area contributed by atoms with Gasteiger partial charge in [-0.2, -0.15) is 0 Å². The van der Waals surface area contributed by atoms with E-state index in [-0.39, 0.29) is 6.61 Å². The Hall–Kier alpha value is -3.12. The highest BCUT2D eigenvalue weighted by Gasteiger charge is 2.25. The Labute approximate surface area is 236 Å². The minimum absolute atomic E-state index is 0.179. The third-order valence-corrected chi connectivity index (χ3v) is 5.38. The van der Waals surface area contributed by atoms with Crippen LogP contribution in [0.3, 0.4) is 0 Å². The number of rotatable bonds is 13. The van der Waals surface area contributed by atoms with Crippen LogP contribution >= 0.6 is 0 Å². The van der Waals surface area contributed by atoms with Gasteiger partial charge in [0.2, 0.25) is 0 Å². The van der Waals surface area contributed by atoms with E-state index in [1.165, 1.54) is 16.7 Å². The minimum atomic E-state index is -0.801. The van der Waals surface area contributed by atoms with E-state index in [0.717, 1.165) is 31.2 Å². The summed E-state index contributed by atoms with van der Waals surface area (Å²) in [6, 6.07) is 8.64. The molecule has 0 aliphatic heterocycles. The molecule has 1 aromatic rings. The first-order chi connectivity index (χ1) is 18.4. The molecule has 218 valence electrons. The number of hydrogen-bond donors (Lipinski definition) is 2. The van der Waals surface area contributed by atoms with E-state index in [2.05, 4.69) is 57.3 Å². The molecule has 1 rings (SSSR count). The Morgan fingerprint density at radius 2 is 1.54 bits per heavy atom. The standard InChI is InChI=1S/C20H31NO5.C13H20/c1-20(2,3)26-19(24)21-17(15-16-11-7-6-8-12-16)18(23)25-14-10-5-4-9-13-22;1-6-7-8-12(4)13(5)10-9-11(2)3/h6-8,11-12,17,22H,4-5,9-10,13-15H2,1-3H3,(H,21,24);6-10H,1-5H3/b;7-6-,12-8+,13-10+/t17-;/m0./s1. The van der Waals surface area contributed by atoms with E-state index in [4.69, 9.17) is 14.6 Å². The van der Waals surface area contributed by atoms with Crippen molar-refractivity contribution in [3.8, 4) is 0 Å². The largest absolute Gasteiger partial charge is 0.464 e. The second kappa shape index (κ2) is 20.8. The number of carbonyl (C=O) groups is 2. The Bertz CT molecular complexity index is 948. The first kappa shape index (κ1) is 35.9. The molecule has 6 heteroatoms. The number of hydrogen-bond acceptors (Lipinski definition) is 5.